The van der Waals surface area contributed by atoms with E-state index < -0.39 is 23.4 Å². The average molecular weight is 363 g/mol. The summed E-state index contributed by atoms with van der Waals surface area (Å²) in [6.07, 6.45) is -0.0470. The lowest BCUT2D eigenvalue weighted by molar-refractivity contribution is -0.168. The molecule has 1 amide bonds. The molecule has 144 valence electrons. The minimum atomic E-state index is -1.90. The van der Waals surface area contributed by atoms with Crippen LogP contribution in [-0.2, 0) is 35.7 Å². The molecule has 0 aliphatic rings. The van der Waals surface area contributed by atoms with Gasteiger partial charge in [-0.15, -0.1) is 0 Å². The number of hydrogen-bond donors (Lipinski definition) is 1. The highest BCUT2D eigenvalue weighted by molar-refractivity contribution is 6.08. The molecule has 0 spiro atoms. The van der Waals surface area contributed by atoms with Crippen LogP contribution in [0.2, 0.25) is 0 Å². The first-order valence-electron chi connectivity index (χ1n) is 8.79. The number of amides is 1. The van der Waals surface area contributed by atoms with Gasteiger partial charge in [0.1, 0.15) is 0 Å². The molecule has 0 bridgehead atoms. The van der Waals surface area contributed by atoms with Crippen molar-refractivity contribution < 1.29 is 23.9 Å². The standard InChI is InChI=1S/C20H29NO5/c1-7-25-17(23)20(21-14(3)22,18(24)26-8-2)13-15-9-11-16(12-10-15)19(4,5)6/h9-12H,7-8,13H2,1-6H3,(H,21,22). The van der Waals surface area contributed by atoms with Crippen LogP contribution in [0, 0.1) is 0 Å². The Morgan fingerprint density at radius 2 is 1.38 bits per heavy atom. The van der Waals surface area contributed by atoms with E-state index in [4.69, 9.17) is 9.47 Å². The van der Waals surface area contributed by atoms with Crippen molar-refractivity contribution in [1.29, 1.82) is 0 Å². The SMILES string of the molecule is CCOC(=O)C(Cc1ccc(C(C)(C)C)cc1)(NC(C)=O)C(=O)OCC. The third-order valence-electron chi connectivity index (χ3n) is 3.93. The lowest BCUT2D eigenvalue weighted by atomic mass is 9.85. The Kier molecular flexibility index (Phi) is 7.36. The van der Waals surface area contributed by atoms with Gasteiger partial charge in [0.2, 0.25) is 11.4 Å². The summed E-state index contributed by atoms with van der Waals surface area (Å²) in [6, 6.07) is 7.58. The summed E-state index contributed by atoms with van der Waals surface area (Å²) in [7, 11) is 0. The van der Waals surface area contributed by atoms with Crippen LogP contribution in [0.1, 0.15) is 52.7 Å². The van der Waals surface area contributed by atoms with E-state index >= 15 is 0 Å². The average Bonchev–Trinajstić information content (AvgIpc) is 2.53. The van der Waals surface area contributed by atoms with E-state index in [1.165, 1.54) is 6.92 Å². The molecule has 6 nitrogen and oxygen atoms in total. The van der Waals surface area contributed by atoms with Gasteiger partial charge in [-0.05, 0) is 30.4 Å². The lowest BCUT2D eigenvalue weighted by Crippen LogP contribution is -2.62. The lowest BCUT2D eigenvalue weighted by Gasteiger charge is -2.30. The molecule has 1 rings (SSSR count). The first kappa shape index (κ1) is 21.7. The molecule has 1 aromatic rings. The van der Waals surface area contributed by atoms with Crippen LogP contribution >= 0.6 is 0 Å². The molecule has 6 heteroatoms. The Morgan fingerprint density at radius 3 is 1.73 bits per heavy atom. The van der Waals surface area contributed by atoms with Crippen molar-refractivity contribution in [3.63, 3.8) is 0 Å². The number of carbonyl (C=O) groups excluding carboxylic acids is 3. The quantitative estimate of drug-likeness (QED) is 0.595. The maximum absolute atomic E-state index is 12.6. The maximum atomic E-state index is 12.6. The van der Waals surface area contributed by atoms with Gasteiger partial charge in [-0.3, -0.25) is 4.79 Å². The summed E-state index contributed by atoms with van der Waals surface area (Å²) >= 11 is 0. The first-order valence-corrected chi connectivity index (χ1v) is 8.79. The molecule has 1 aromatic carbocycles. The van der Waals surface area contributed by atoms with Crippen molar-refractivity contribution in [3.05, 3.63) is 35.4 Å². The number of esters is 2. The van der Waals surface area contributed by atoms with Crippen LogP contribution in [0.3, 0.4) is 0 Å². The molecule has 0 atom stereocenters. The van der Waals surface area contributed by atoms with Crippen LogP contribution in [-0.4, -0.2) is 36.6 Å². The highest BCUT2D eigenvalue weighted by Crippen LogP contribution is 2.24. The van der Waals surface area contributed by atoms with E-state index in [-0.39, 0.29) is 25.0 Å². The van der Waals surface area contributed by atoms with Crippen molar-refractivity contribution in [1.82, 2.24) is 5.32 Å². The first-order chi connectivity index (χ1) is 12.1. The van der Waals surface area contributed by atoms with E-state index in [0.29, 0.717) is 5.56 Å². The molecular formula is C20H29NO5. The predicted octanol–water partition coefficient (Wildman–Crippen LogP) is 2.53. The predicted molar refractivity (Wildman–Crippen MR) is 98.7 cm³/mol. The van der Waals surface area contributed by atoms with Gasteiger partial charge in [-0.2, -0.15) is 0 Å². The van der Waals surface area contributed by atoms with Crippen LogP contribution in [0.4, 0.5) is 0 Å². The van der Waals surface area contributed by atoms with Gasteiger partial charge < -0.3 is 14.8 Å². The molecule has 0 aliphatic carbocycles. The zero-order chi connectivity index (χ0) is 20.0. The Bertz CT molecular complexity index is 625. The van der Waals surface area contributed by atoms with Gasteiger partial charge in [0.15, 0.2) is 0 Å². The number of carbonyl (C=O) groups is 3. The van der Waals surface area contributed by atoms with Gasteiger partial charge in [-0.25, -0.2) is 9.59 Å². The van der Waals surface area contributed by atoms with Crippen LogP contribution in [0.15, 0.2) is 24.3 Å². The fourth-order valence-electron chi connectivity index (χ4n) is 2.61. The summed E-state index contributed by atoms with van der Waals surface area (Å²) in [5.74, 6) is -2.17. The second kappa shape index (κ2) is 8.83. The second-order valence-electron chi connectivity index (χ2n) is 7.15. The Morgan fingerprint density at radius 1 is 0.923 bits per heavy atom. The van der Waals surface area contributed by atoms with Crippen molar-refractivity contribution in [2.45, 2.75) is 58.9 Å². The van der Waals surface area contributed by atoms with Crippen LogP contribution < -0.4 is 5.32 Å². The molecule has 0 radical (unpaired) electrons. The molecule has 0 heterocycles. The van der Waals surface area contributed by atoms with Crippen LogP contribution in [0.5, 0.6) is 0 Å². The second-order valence-corrected chi connectivity index (χ2v) is 7.15. The number of rotatable bonds is 7. The molecule has 0 saturated carbocycles. The molecular weight excluding hydrogens is 334 g/mol. The minimum absolute atomic E-state index is 0.0183. The van der Waals surface area contributed by atoms with Gasteiger partial charge in [0, 0.05) is 13.3 Å². The Hall–Kier alpha value is -2.37. The summed E-state index contributed by atoms with van der Waals surface area (Å²) in [5.41, 5.74) is -0.0806. The number of hydrogen-bond acceptors (Lipinski definition) is 5. The highest BCUT2D eigenvalue weighted by atomic mass is 16.6. The van der Waals surface area contributed by atoms with Gasteiger partial charge in [-0.1, -0.05) is 45.0 Å². The van der Waals surface area contributed by atoms with Crippen molar-refractivity contribution in [2.75, 3.05) is 13.2 Å². The summed E-state index contributed by atoms with van der Waals surface area (Å²) in [6.45, 7) is 11.0. The van der Waals surface area contributed by atoms with E-state index in [2.05, 4.69) is 26.1 Å². The van der Waals surface area contributed by atoms with Gasteiger partial charge in [0.25, 0.3) is 0 Å². The number of ether oxygens (including phenoxy) is 2. The van der Waals surface area contributed by atoms with Gasteiger partial charge in [0.05, 0.1) is 13.2 Å². The Labute approximate surface area is 155 Å². The minimum Gasteiger partial charge on any atom is -0.464 e. The zero-order valence-corrected chi connectivity index (χ0v) is 16.5. The smallest absolute Gasteiger partial charge is 0.344 e. The molecule has 0 saturated heterocycles. The summed E-state index contributed by atoms with van der Waals surface area (Å²) in [4.78, 5) is 36.9. The van der Waals surface area contributed by atoms with Gasteiger partial charge >= 0.3 is 11.9 Å². The fourth-order valence-corrected chi connectivity index (χ4v) is 2.61. The molecule has 0 aliphatic heterocycles. The van der Waals surface area contributed by atoms with Crippen molar-refractivity contribution in [2.24, 2.45) is 0 Å². The molecule has 26 heavy (non-hydrogen) atoms. The number of benzene rings is 1. The van der Waals surface area contributed by atoms with Crippen molar-refractivity contribution in [3.8, 4) is 0 Å². The molecule has 1 N–H and O–H groups in total. The third-order valence-corrected chi connectivity index (χ3v) is 3.93. The van der Waals surface area contributed by atoms with Crippen LogP contribution in [0.25, 0.3) is 0 Å². The number of nitrogens with one attached hydrogen (secondary N) is 1. The summed E-state index contributed by atoms with van der Waals surface area (Å²) < 4.78 is 10.1. The van der Waals surface area contributed by atoms with Crippen molar-refractivity contribution >= 4 is 17.8 Å². The highest BCUT2D eigenvalue weighted by Gasteiger charge is 2.50. The van der Waals surface area contributed by atoms with E-state index in [0.717, 1.165) is 5.56 Å². The van der Waals surface area contributed by atoms with E-state index in [9.17, 15) is 14.4 Å². The molecule has 0 aromatic heterocycles. The largest absolute Gasteiger partial charge is 0.464 e. The molecule has 0 unspecified atom stereocenters. The topological polar surface area (TPSA) is 81.7 Å². The zero-order valence-electron chi connectivity index (χ0n) is 16.5. The van der Waals surface area contributed by atoms with E-state index in [1.54, 1.807) is 13.8 Å². The fraction of sp³-hybridized carbons (Fsp3) is 0.550. The monoisotopic (exact) mass is 363 g/mol. The third kappa shape index (κ3) is 5.31. The normalized spacial score (nSPS) is 11.6. The molecule has 0 fully saturated rings. The van der Waals surface area contributed by atoms with E-state index in [1.807, 2.05) is 24.3 Å². The Balaban J connectivity index is 3.31. The summed E-state index contributed by atoms with van der Waals surface area (Å²) in [5, 5.41) is 2.47. The maximum Gasteiger partial charge on any atom is 0.344 e.